The molecule has 0 bridgehead atoms. The Morgan fingerprint density at radius 2 is 2.21 bits per heavy atom. The number of rotatable bonds is 5. The molecular weight excluding hydrogens is 359 g/mol. The predicted molar refractivity (Wildman–Crippen MR) is 78.3 cm³/mol. The van der Waals surface area contributed by atoms with Crippen LogP contribution in [-0.4, -0.2) is 11.1 Å². The van der Waals surface area contributed by atoms with Gasteiger partial charge in [0.25, 0.3) is 0 Å². The van der Waals surface area contributed by atoms with E-state index < -0.39 is 5.97 Å². The van der Waals surface area contributed by atoms with Gasteiger partial charge < -0.3 is 14.3 Å². The Morgan fingerprint density at radius 1 is 1.42 bits per heavy atom. The summed E-state index contributed by atoms with van der Waals surface area (Å²) in [6.45, 7) is 2.17. The molecule has 1 N–H and O–H groups in total. The summed E-state index contributed by atoms with van der Waals surface area (Å²) in [4.78, 5) is 10.6. The Balaban J connectivity index is 2.03. The Hall–Kier alpha value is -1.50. The number of carboxylic acid groups (broad SMARTS) is 1. The Morgan fingerprint density at radius 3 is 2.89 bits per heavy atom. The van der Waals surface area contributed by atoms with Crippen molar-refractivity contribution in [1.82, 2.24) is 0 Å². The summed E-state index contributed by atoms with van der Waals surface area (Å²) in [5.41, 5.74) is 0.870. The molecule has 0 spiro atoms. The van der Waals surface area contributed by atoms with E-state index in [0.717, 1.165) is 14.9 Å². The van der Waals surface area contributed by atoms with Crippen LogP contribution in [0.1, 0.15) is 17.1 Å². The van der Waals surface area contributed by atoms with E-state index in [1.54, 1.807) is 13.0 Å². The summed E-state index contributed by atoms with van der Waals surface area (Å²) in [5, 5.41) is 8.71. The molecule has 0 unspecified atom stereocenters. The summed E-state index contributed by atoms with van der Waals surface area (Å²) in [6, 6.07) is 9.47. The molecule has 1 heterocycles. The molecule has 0 aliphatic heterocycles. The fourth-order valence-electron chi connectivity index (χ4n) is 1.68. The van der Waals surface area contributed by atoms with Crippen LogP contribution in [0.4, 0.5) is 0 Å². The highest BCUT2D eigenvalue weighted by molar-refractivity contribution is 14.1. The van der Waals surface area contributed by atoms with Crippen molar-refractivity contribution in [2.75, 3.05) is 0 Å². The SMILES string of the molecule is Cc1oc(CC(=O)O)cc1COc1cccc(I)c1. The maximum atomic E-state index is 10.6. The number of benzene rings is 1. The minimum atomic E-state index is -0.904. The third kappa shape index (κ3) is 3.99. The van der Waals surface area contributed by atoms with Gasteiger partial charge in [-0.2, -0.15) is 0 Å². The van der Waals surface area contributed by atoms with Crippen LogP contribution in [0, 0.1) is 10.5 Å². The number of aryl methyl sites for hydroxylation is 1. The van der Waals surface area contributed by atoms with Gasteiger partial charge in [-0.1, -0.05) is 6.07 Å². The molecule has 100 valence electrons. The van der Waals surface area contributed by atoms with E-state index >= 15 is 0 Å². The van der Waals surface area contributed by atoms with Crippen LogP contribution in [0.25, 0.3) is 0 Å². The van der Waals surface area contributed by atoms with Crippen LogP contribution in [0.3, 0.4) is 0 Å². The predicted octanol–water partition coefficient (Wildman–Crippen LogP) is 3.40. The number of aliphatic carboxylic acids is 1. The second kappa shape index (κ2) is 6.10. The monoisotopic (exact) mass is 372 g/mol. The molecule has 1 aromatic carbocycles. The zero-order valence-corrected chi connectivity index (χ0v) is 12.5. The first kappa shape index (κ1) is 13.9. The highest BCUT2D eigenvalue weighted by Gasteiger charge is 2.11. The number of hydrogen-bond acceptors (Lipinski definition) is 3. The average molecular weight is 372 g/mol. The zero-order valence-electron chi connectivity index (χ0n) is 10.4. The van der Waals surface area contributed by atoms with E-state index in [2.05, 4.69) is 22.6 Å². The first-order chi connectivity index (χ1) is 9.04. The van der Waals surface area contributed by atoms with Crippen LogP contribution in [-0.2, 0) is 17.8 Å². The number of furan rings is 1. The molecule has 0 aliphatic carbocycles. The number of ether oxygens (including phenoxy) is 1. The van der Waals surface area contributed by atoms with Gasteiger partial charge in [0.15, 0.2) is 0 Å². The van der Waals surface area contributed by atoms with Crippen molar-refractivity contribution < 1.29 is 19.1 Å². The molecule has 0 atom stereocenters. The topological polar surface area (TPSA) is 59.7 Å². The normalized spacial score (nSPS) is 10.4. The standard InChI is InChI=1S/C14H13IO4/c1-9-10(5-13(19-9)7-14(16)17)8-18-12-4-2-3-11(15)6-12/h2-6H,7-8H2,1H3,(H,16,17). The molecule has 1 aromatic heterocycles. The Bertz CT molecular complexity index is 589. The average Bonchev–Trinajstić information content (AvgIpc) is 2.66. The van der Waals surface area contributed by atoms with Gasteiger partial charge in [0.05, 0.1) is 0 Å². The number of hydrogen-bond donors (Lipinski definition) is 1. The molecule has 0 aliphatic rings. The van der Waals surface area contributed by atoms with Crippen LogP contribution in [0.2, 0.25) is 0 Å². The highest BCUT2D eigenvalue weighted by Crippen LogP contribution is 2.20. The van der Waals surface area contributed by atoms with Crippen LogP contribution < -0.4 is 4.74 Å². The highest BCUT2D eigenvalue weighted by atomic mass is 127. The minimum Gasteiger partial charge on any atom is -0.489 e. The van der Waals surface area contributed by atoms with E-state index in [1.165, 1.54) is 0 Å². The molecule has 2 aromatic rings. The number of halogens is 1. The first-order valence-electron chi connectivity index (χ1n) is 5.73. The molecule has 0 amide bonds. The maximum Gasteiger partial charge on any atom is 0.311 e. The van der Waals surface area contributed by atoms with Gasteiger partial charge in [0, 0.05) is 9.13 Å². The van der Waals surface area contributed by atoms with Gasteiger partial charge >= 0.3 is 5.97 Å². The van der Waals surface area contributed by atoms with Crippen molar-refractivity contribution in [3.8, 4) is 5.75 Å². The molecule has 2 rings (SSSR count). The summed E-state index contributed by atoms with van der Waals surface area (Å²) >= 11 is 2.22. The van der Waals surface area contributed by atoms with Crippen LogP contribution in [0.5, 0.6) is 5.75 Å². The Kier molecular flexibility index (Phi) is 4.47. The van der Waals surface area contributed by atoms with Gasteiger partial charge in [-0.3, -0.25) is 4.79 Å². The van der Waals surface area contributed by atoms with E-state index in [0.29, 0.717) is 18.1 Å². The van der Waals surface area contributed by atoms with Gasteiger partial charge in [-0.25, -0.2) is 0 Å². The van der Waals surface area contributed by atoms with E-state index in [4.69, 9.17) is 14.3 Å². The second-order valence-corrected chi connectivity index (χ2v) is 5.36. The van der Waals surface area contributed by atoms with Crippen molar-refractivity contribution in [3.63, 3.8) is 0 Å². The molecule has 0 saturated carbocycles. The third-order valence-corrected chi connectivity index (χ3v) is 3.26. The van der Waals surface area contributed by atoms with Gasteiger partial charge in [-0.05, 0) is 53.8 Å². The molecular formula is C14H13IO4. The second-order valence-electron chi connectivity index (χ2n) is 4.11. The summed E-state index contributed by atoms with van der Waals surface area (Å²) in [5.74, 6) is 1.03. The molecule has 0 fully saturated rings. The lowest BCUT2D eigenvalue weighted by Crippen LogP contribution is -1.98. The van der Waals surface area contributed by atoms with E-state index in [9.17, 15) is 4.79 Å². The quantitative estimate of drug-likeness (QED) is 0.818. The smallest absolute Gasteiger partial charge is 0.311 e. The summed E-state index contributed by atoms with van der Waals surface area (Å²) in [7, 11) is 0. The van der Waals surface area contributed by atoms with E-state index in [-0.39, 0.29) is 6.42 Å². The molecule has 5 heteroatoms. The van der Waals surface area contributed by atoms with Crippen molar-refractivity contribution in [3.05, 3.63) is 51.0 Å². The number of carboxylic acids is 1. The summed E-state index contributed by atoms with van der Waals surface area (Å²) in [6.07, 6.45) is -0.107. The fraction of sp³-hybridized carbons (Fsp3) is 0.214. The van der Waals surface area contributed by atoms with E-state index in [1.807, 2.05) is 24.3 Å². The maximum absolute atomic E-state index is 10.6. The van der Waals surface area contributed by atoms with Crippen LogP contribution >= 0.6 is 22.6 Å². The molecule has 0 radical (unpaired) electrons. The van der Waals surface area contributed by atoms with Crippen molar-refractivity contribution in [1.29, 1.82) is 0 Å². The first-order valence-corrected chi connectivity index (χ1v) is 6.81. The van der Waals surface area contributed by atoms with Crippen molar-refractivity contribution >= 4 is 28.6 Å². The van der Waals surface area contributed by atoms with Gasteiger partial charge in [0.2, 0.25) is 0 Å². The molecule has 19 heavy (non-hydrogen) atoms. The number of carbonyl (C=O) groups is 1. The zero-order chi connectivity index (χ0) is 13.8. The molecule has 4 nitrogen and oxygen atoms in total. The lowest BCUT2D eigenvalue weighted by atomic mass is 10.2. The van der Waals surface area contributed by atoms with Gasteiger partial charge in [0.1, 0.15) is 30.3 Å². The summed E-state index contributed by atoms with van der Waals surface area (Å²) < 4.78 is 12.1. The van der Waals surface area contributed by atoms with Gasteiger partial charge in [-0.15, -0.1) is 0 Å². The largest absolute Gasteiger partial charge is 0.489 e. The van der Waals surface area contributed by atoms with Crippen LogP contribution in [0.15, 0.2) is 34.7 Å². The molecule has 0 saturated heterocycles. The van der Waals surface area contributed by atoms with Crippen molar-refractivity contribution in [2.24, 2.45) is 0 Å². The Labute approximate surface area is 124 Å². The fourth-order valence-corrected chi connectivity index (χ4v) is 2.20. The van der Waals surface area contributed by atoms with Crippen molar-refractivity contribution in [2.45, 2.75) is 20.0 Å². The third-order valence-electron chi connectivity index (χ3n) is 2.59. The lowest BCUT2D eigenvalue weighted by Gasteiger charge is -2.05. The lowest BCUT2D eigenvalue weighted by molar-refractivity contribution is -0.136. The minimum absolute atomic E-state index is 0.107.